The molecule has 0 bridgehead atoms. The summed E-state index contributed by atoms with van der Waals surface area (Å²) in [6.07, 6.45) is 5.16. The van der Waals surface area contributed by atoms with Crippen LogP contribution in [0.3, 0.4) is 0 Å². The molecule has 0 atom stereocenters. The Morgan fingerprint density at radius 2 is 2.15 bits per heavy atom. The van der Waals surface area contributed by atoms with Gasteiger partial charge in [0, 0.05) is 11.6 Å². The van der Waals surface area contributed by atoms with Crippen molar-refractivity contribution in [1.29, 1.82) is 0 Å². The van der Waals surface area contributed by atoms with E-state index in [9.17, 15) is 0 Å². The molecular formula is C10H14N2O. The summed E-state index contributed by atoms with van der Waals surface area (Å²) < 4.78 is 2.16. The lowest BCUT2D eigenvalue weighted by atomic mass is 10.2. The molecule has 3 nitrogen and oxygen atoms in total. The predicted molar refractivity (Wildman–Crippen MR) is 48.4 cm³/mol. The summed E-state index contributed by atoms with van der Waals surface area (Å²) in [6, 6.07) is 2.73. The van der Waals surface area contributed by atoms with Crippen LogP contribution < -0.4 is 0 Å². The zero-order chi connectivity index (χ0) is 8.84. The van der Waals surface area contributed by atoms with E-state index >= 15 is 0 Å². The van der Waals surface area contributed by atoms with Gasteiger partial charge < -0.3 is 5.11 Å². The Hall–Kier alpha value is -0.830. The maximum absolute atomic E-state index is 9.00. The number of aliphatic hydroxyl groups is 1. The Balaban J connectivity index is 1.97. The molecule has 70 valence electrons. The standard InChI is InChI=1S/C10H14N2O/c13-6-8-5-10(7-1-2-7)12(11-8)9-3-4-9/h5,7,9,13H,1-4,6H2. The minimum Gasteiger partial charge on any atom is -0.390 e. The maximum atomic E-state index is 9.00. The fourth-order valence-corrected chi connectivity index (χ4v) is 1.83. The lowest BCUT2D eigenvalue weighted by molar-refractivity contribution is 0.275. The molecule has 2 aliphatic carbocycles. The van der Waals surface area contributed by atoms with Crippen LogP contribution in [0.4, 0.5) is 0 Å². The molecule has 1 aromatic rings. The summed E-state index contributed by atoms with van der Waals surface area (Å²) in [4.78, 5) is 0. The molecule has 13 heavy (non-hydrogen) atoms. The highest BCUT2D eigenvalue weighted by Gasteiger charge is 2.33. The second-order valence-electron chi connectivity index (χ2n) is 4.17. The lowest BCUT2D eigenvalue weighted by Gasteiger charge is -2.02. The number of hydrogen-bond acceptors (Lipinski definition) is 2. The van der Waals surface area contributed by atoms with Gasteiger partial charge in [-0.2, -0.15) is 5.10 Å². The van der Waals surface area contributed by atoms with Crippen LogP contribution in [0.25, 0.3) is 0 Å². The molecule has 2 aliphatic rings. The first kappa shape index (κ1) is 7.56. The molecule has 0 amide bonds. The zero-order valence-electron chi connectivity index (χ0n) is 7.61. The monoisotopic (exact) mass is 178 g/mol. The van der Waals surface area contributed by atoms with Crippen molar-refractivity contribution in [1.82, 2.24) is 9.78 Å². The van der Waals surface area contributed by atoms with E-state index in [1.165, 1.54) is 31.4 Å². The average molecular weight is 178 g/mol. The molecule has 3 rings (SSSR count). The average Bonchev–Trinajstić information content (AvgIpc) is 3.02. The number of hydrogen-bond donors (Lipinski definition) is 1. The van der Waals surface area contributed by atoms with Gasteiger partial charge in [-0.3, -0.25) is 4.68 Å². The normalized spacial score (nSPS) is 22.2. The summed E-state index contributed by atoms with van der Waals surface area (Å²) in [5, 5.41) is 13.4. The van der Waals surface area contributed by atoms with E-state index in [0.29, 0.717) is 6.04 Å². The third-order valence-electron chi connectivity index (χ3n) is 2.87. The topological polar surface area (TPSA) is 38.0 Å². The molecule has 0 aliphatic heterocycles. The molecule has 1 N–H and O–H groups in total. The van der Waals surface area contributed by atoms with Crippen molar-refractivity contribution in [2.45, 2.75) is 44.2 Å². The third-order valence-corrected chi connectivity index (χ3v) is 2.87. The molecule has 0 unspecified atom stereocenters. The molecule has 3 heteroatoms. The van der Waals surface area contributed by atoms with Crippen molar-refractivity contribution in [2.75, 3.05) is 0 Å². The number of aliphatic hydroxyl groups excluding tert-OH is 1. The Kier molecular flexibility index (Phi) is 1.50. The van der Waals surface area contributed by atoms with Crippen molar-refractivity contribution in [3.63, 3.8) is 0 Å². The Morgan fingerprint density at radius 1 is 1.38 bits per heavy atom. The number of aromatic nitrogens is 2. The molecule has 2 saturated carbocycles. The smallest absolute Gasteiger partial charge is 0.0882 e. The van der Waals surface area contributed by atoms with Crippen molar-refractivity contribution >= 4 is 0 Å². The molecule has 0 aromatic carbocycles. The summed E-state index contributed by atoms with van der Waals surface area (Å²) in [6.45, 7) is 0.0828. The highest BCUT2D eigenvalue weighted by molar-refractivity contribution is 5.20. The molecule has 1 heterocycles. The fraction of sp³-hybridized carbons (Fsp3) is 0.700. The van der Waals surface area contributed by atoms with Gasteiger partial charge in [-0.1, -0.05) is 0 Å². The summed E-state index contributed by atoms with van der Waals surface area (Å²) in [5.74, 6) is 0.744. The molecule has 0 spiro atoms. The van der Waals surface area contributed by atoms with E-state index in [0.717, 1.165) is 11.6 Å². The van der Waals surface area contributed by atoms with Crippen LogP contribution in [-0.4, -0.2) is 14.9 Å². The summed E-state index contributed by atoms with van der Waals surface area (Å²) in [7, 11) is 0. The van der Waals surface area contributed by atoms with Gasteiger partial charge in [0.25, 0.3) is 0 Å². The van der Waals surface area contributed by atoms with Crippen molar-refractivity contribution in [3.8, 4) is 0 Å². The van der Waals surface area contributed by atoms with E-state index in [1.807, 2.05) is 0 Å². The summed E-state index contributed by atoms with van der Waals surface area (Å²) in [5.41, 5.74) is 2.21. The van der Waals surface area contributed by atoms with Crippen molar-refractivity contribution in [3.05, 3.63) is 17.5 Å². The van der Waals surface area contributed by atoms with E-state index in [4.69, 9.17) is 5.11 Å². The van der Waals surface area contributed by atoms with Gasteiger partial charge in [-0.15, -0.1) is 0 Å². The van der Waals surface area contributed by atoms with Crippen LogP contribution in [0.15, 0.2) is 6.07 Å². The third kappa shape index (κ3) is 1.27. The Morgan fingerprint density at radius 3 is 2.69 bits per heavy atom. The SMILES string of the molecule is OCc1cc(C2CC2)n(C2CC2)n1. The van der Waals surface area contributed by atoms with Crippen LogP contribution in [0.5, 0.6) is 0 Å². The first-order chi connectivity index (χ1) is 6.38. The first-order valence-corrected chi connectivity index (χ1v) is 5.07. The van der Waals surface area contributed by atoms with Crippen molar-refractivity contribution in [2.24, 2.45) is 0 Å². The minimum atomic E-state index is 0.0828. The van der Waals surface area contributed by atoms with Gasteiger partial charge in [0.1, 0.15) is 0 Å². The quantitative estimate of drug-likeness (QED) is 0.763. The lowest BCUT2D eigenvalue weighted by Crippen LogP contribution is -2.01. The van der Waals surface area contributed by atoms with Gasteiger partial charge in [-0.05, 0) is 31.7 Å². The number of rotatable bonds is 3. The van der Waals surface area contributed by atoms with Gasteiger partial charge in [-0.25, -0.2) is 0 Å². The minimum absolute atomic E-state index is 0.0828. The summed E-state index contributed by atoms with van der Waals surface area (Å²) >= 11 is 0. The zero-order valence-corrected chi connectivity index (χ0v) is 7.61. The first-order valence-electron chi connectivity index (χ1n) is 5.07. The van der Waals surface area contributed by atoms with E-state index in [-0.39, 0.29) is 6.61 Å². The second-order valence-corrected chi connectivity index (χ2v) is 4.17. The molecular weight excluding hydrogens is 164 g/mol. The van der Waals surface area contributed by atoms with Crippen LogP contribution in [0.1, 0.15) is 49.0 Å². The van der Waals surface area contributed by atoms with Crippen LogP contribution >= 0.6 is 0 Å². The second kappa shape index (κ2) is 2.58. The van der Waals surface area contributed by atoms with E-state index in [2.05, 4.69) is 15.8 Å². The van der Waals surface area contributed by atoms with E-state index in [1.54, 1.807) is 0 Å². The molecule has 1 aromatic heterocycles. The van der Waals surface area contributed by atoms with Gasteiger partial charge in [0.05, 0.1) is 18.3 Å². The maximum Gasteiger partial charge on any atom is 0.0882 e. The van der Waals surface area contributed by atoms with Crippen LogP contribution in [0.2, 0.25) is 0 Å². The highest BCUT2D eigenvalue weighted by atomic mass is 16.3. The van der Waals surface area contributed by atoms with Crippen LogP contribution in [0, 0.1) is 0 Å². The van der Waals surface area contributed by atoms with Crippen LogP contribution in [-0.2, 0) is 6.61 Å². The fourth-order valence-electron chi connectivity index (χ4n) is 1.83. The van der Waals surface area contributed by atoms with Gasteiger partial charge >= 0.3 is 0 Å². The predicted octanol–water partition coefficient (Wildman–Crippen LogP) is 1.59. The van der Waals surface area contributed by atoms with E-state index < -0.39 is 0 Å². The molecule has 0 saturated heterocycles. The largest absolute Gasteiger partial charge is 0.390 e. The Labute approximate surface area is 77.4 Å². The highest BCUT2D eigenvalue weighted by Crippen LogP contribution is 2.44. The molecule has 0 radical (unpaired) electrons. The van der Waals surface area contributed by atoms with Crippen molar-refractivity contribution < 1.29 is 5.11 Å². The van der Waals surface area contributed by atoms with Gasteiger partial charge in [0.15, 0.2) is 0 Å². The Bertz CT molecular complexity index is 294. The molecule has 2 fully saturated rings. The number of nitrogens with zero attached hydrogens (tertiary/aromatic N) is 2. The van der Waals surface area contributed by atoms with Gasteiger partial charge in [0.2, 0.25) is 0 Å².